The van der Waals surface area contributed by atoms with Crippen LogP contribution in [0, 0.1) is 0 Å². The second-order valence-electron chi connectivity index (χ2n) is 7.09. The van der Waals surface area contributed by atoms with E-state index in [1.807, 2.05) is 49.4 Å². The van der Waals surface area contributed by atoms with Crippen LogP contribution in [-0.2, 0) is 0 Å². The topological polar surface area (TPSA) is 67.3 Å². The number of nitrogens with one attached hydrogen (secondary N) is 1. The van der Waals surface area contributed by atoms with Gasteiger partial charge in [0, 0.05) is 24.0 Å². The van der Waals surface area contributed by atoms with Gasteiger partial charge in [0.1, 0.15) is 17.9 Å². The fourth-order valence-corrected chi connectivity index (χ4v) is 3.62. The van der Waals surface area contributed by atoms with Gasteiger partial charge in [-0.25, -0.2) is 9.97 Å². The second-order valence-corrected chi connectivity index (χ2v) is 7.09. The van der Waals surface area contributed by atoms with E-state index in [0.717, 1.165) is 41.1 Å². The lowest BCUT2D eigenvalue weighted by Crippen LogP contribution is -2.26. The van der Waals surface area contributed by atoms with Crippen molar-refractivity contribution in [2.24, 2.45) is 0 Å². The third kappa shape index (κ3) is 3.63. The molecule has 0 spiro atoms. The first kappa shape index (κ1) is 18.2. The Morgan fingerprint density at radius 2 is 1.86 bits per heavy atom. The number of benzene rings is 2. The Labute approximate surface area is 164 Å². The number of carbonyl (C=O) groups is 1. The van der Waals surface area contributed by atoms with Crippen molar-refractivity contribution in [3.05, 3.63) is 59.9 Å². The first-order valence-corrected chi connectivity index (χ1v) is 9.60. The molecule has 0 saturated carbocycles. The van der Waals surface area contributed by atoms with Gasteiger partial charge in [-0.05, 0) is 55.7 Å². The van der Waals surface area contributed by atoms with E-state index in [-0.39, 0.29) is 11.9 Å². The number of hydrogen-bond acceptors (Lipinski definition) is 5. The van der Waals surface area contributed by atoms with Gasteiger partial charge < -0.3 is 15.0 Å². The van der Waals surface area contributed by atoms with Gasteiger partial charge in [-0.1, -0.05) is 12.1 Å². The van der Waals surface area contributed by atoms with Crippen LogP contribution < -0.4 is 15.0 Å². The van der Waals surface area contributed by atoms with Crippen LogP contribution in [0.15, 0.2) is 48.8 Å². The number of amides is 1. The van der Waals surface area contributed by atoms with Crippen LogP contribution in [-0.4, -0.2) is 36.1 Å². The van der Waals surface area contributed by atoms with E-state index < -0.39 is 0 Å². The minimum absolute atomic E-state index is 0.110. The number of nitrogens with zero attached hydrogens (tertiary/aromatic N) is 3. The highest BCUT2D eigenvalue weighted by molar-refractivity contribution is 6.00. The van der Waals surface area contributed by atoms with Gasteiger partial charge >= 0.3 is 0 Å². The number of aromatic nitrogens is 2. The van der Waals surface area contributed by atoms with Crippen LogP contribution in [0.25, 0.3) is 10.9 Å². The summed E-state index contributed by atoms with van der Waals surface area (Å²) in [6.07, 6.45) is 3.94. The number of fused-ring (bicyclic) bond motifs is 1. The molecule has 2 heterocycles. The maximum absolute atomic E-state index is 12.8. The molecule has 1 fully saturated rings. The Morgan fingerprint density at radius 3 is 2.57 bits per heavy atom. The highest BCUT2D eigenvalue weighted by Gasteiger charge is 2.18. The predicted octanol–water partition coefficient (Wildman–Crippen LogP) is 3.73. The largest absolute Gasteiger partial charge is 0.497 e. The number of hydrogen-bond donors (Lipinski definition) is 1. The Balaban J connectivity index is 1.57. The standard InChI is InChI=1S/C22H24N4O2/c1-15(16-5-8-18(28-2)9-6-16)25-22(27)17-7-10-20-19(13-17)21(24-14-23-20)26-11-3-4-12-26/h5-10,13-15H,3-4,11-12H2,1-2H3,(H,25,27)/t15-/m0/s1. The predicted molar refractivity (Wildman–Crippen MR) is 110 cm³/mol. The van der Waals surface area contributed by atoms with E-state index in [4.69, 9.17) is 4.74 Å². The zero-order valence-electron chi connectivity index (χ0n) is 16.2. The number of rotatable bonds is 5. The van der Waals surface area contributed by atoms with Crippen LogP contribution in [0.2, 0.25) is 0 Å². The first-order chi connectivity index (χ1) is 13.7. The van der Waals surface area contributed by atoms with Crippen LogP contribution in [0.3, 0.4) is 0 Å². The van der Waals surface area contributed by atoms with E-state index in [1.165, 1.54) is 12.8 Å². The van der Waals surface area contributed by atoms with Crippen molar-refractivity contribution < 1.29 is 9.53 Å². The molecule has 1 atom stereocenters. The molecule has 6 nitrogen and oxygen atoms in total. The molecule has 1 aliphatic heterocycles. The molecular formula is C22H24N4O2. The van der Waals surface area contributed by atoms with Crippen molar-refractivity contribution >= 4 is 22.6 Å². The lowest BCUT2D eigenvalue weighted by atomic mass is 10.1. The Bertz CT molecular complexity index is 981. The summed E-state index contributed by atoms with van der Waals surface area (Å²) in [5.74, 6) is 1.60. The number of ether oxygens (including phenoxy) is 1. The molecule has 0 bridgehead atoms. The Hall–Kier alpha value is -3.15. The van der Waals surface area contributed by atoms with Gasteiger partial charge in [0.05, 0.1) is 18.7 Å². The van der Waals surface area contributed by atoms with E-state index in [9.17, 15) is 4.79 Å². The van der Waals surface area contributed by atoms with Gasteiger partial charge in [0.15, 0.2) is 0 Å². The summed E-state index contributed by atoms with van der Waals surface area (Å²) in [4.78, 5) is 23.9. The number of carbonyl (C=O) groups excluding carboxylic acids is 1. The van der Waals surface area contributed by atoms with Crippen LogP contribution in [0.1, 0.15) is 41.7 Å². The van der Waals surface area contributed by atoms with Crippen molar-refractivity contribution in [2.45, 2.75) is 25.8 Å². The Morgan fingerprint density at radius 1 is 1.11 bits per heavy atom. The van der Waals surface area contributed by atoms with Crippen LogP contribution >= 0.6 is 0 Å². The normalized spacial score (nSPS) is 14.9. The zero-order valence-corrected chi connectivity index (χ0v) is 16.2. The fraction of sp³-hybridized carbons (Fsp3) is 0.318. The van der Waals surface area contributed by atoms with E-state index in [2.05, 4.69) is 20.2 Å². The summed E-state index contributed by atoms with van der Waals surface area (Å²) >= 11 is 0. The molecule has 28 heavy (non-hydrogen) atoms. The number of anilines is 1. The molecule has 3 aromatic rings. The Kier molecular flexibility index (Phi) is 5.10. The third-order valence-corrected chi connectivity index (χ3v) is 5.25. The summed E-state index contributed by atoms with van der Waals surface area (Å²) in [6, 6.07) is 13.2. The van der Waals surface area contributed by atoms with Crippen molar-refractivity contribution in [1.29, 1.82) is 0 Å². The minimum Gasteiger partial charge on any atom is -0.497 e. The molecule has 2 aromatic carbocycles. The van der Waals surface area contributed by atoms with Crippen molar-refractivity contribution in [2.75, 3.05) is 25.1 Å². The molecule has 4 rings (SSSR count). The van der Waals surface area contributed by atoms with Crippen LogP contribution in [0.5, 0.6) is 5.75 Å². The minimum atomic E-state index is -0.112. The summed E-state index contributed by atoms with van der Waals surface area (Å²) in [5, 5.41) is 3.99. The highest BCUT2D eigenvalue weighted by Crippen LogP contribution is 2.27. The van der Waals surface area contributed by atoms with E-state index >= 15 is 0 Å². The first-order valence-electron chi connectivity index (χ1n) is 9.60. The van der Waals surface area contributed by atoms with E-state index in [1.54, 1.807) is 13.4 Å². The molecule has 1 amide bonds. The van der Waals surface area contributed by atoms with Gasteiger partial charge in [0.25, 0.3) is 5.91 Å². The fourth-order valence-electron chi connectivity index (χ4n) is 3.62. The van der Waals surface area contributed by atoms with Crippen LogP contribution in [0.4, 0.5) is 5.82 Å². The average molecular weight is 376 g/mol. The van der Waals surface area contributed by atoms with Crippen molar-refractivity contribution in [3.8, 4) is 5.75 Å². The second kappa shape index (κ2) is 7.84. The SMILES string of the molecule is COc1ccc([C@H](C)NC(=O)c2ccc3ncnc(N4CCCC4)c3c2)cc1. The molecule has 6 heteroatoms. The molecule has 0 unspecified atom stereocenters. The summed E-state index contributed by atoms with van der Waals surface area (Å²) in [5.41, 5.74) is 2.50. The lowest BCUT2D eigenvalue weighted by Gasteiger charge is -2.18. The summed E-state index contributed by atoms with van der Waals surface area (Å²) in [7, 11) is 1.64. The quantitative estimate of drug-likeness (QED) is 0.735. The molecule has 0 radical (unpaired) electrons. The molecule has 1 N–H and O–H groups in total. The average Bonchev–Trinajstić information content (AvgIpc) is 3.27. The lowest BCUT2D eigenvalue weighted by molar-refractivity contribution is 0.0940. The van der Waals surface area contributed by atoms with Crippen molar-refractivity contribution in [3.63, 3.8) is 0 Å². The van der Waals surface area contributed by atoms with Crippen molar-refractivity contribution in [1.82, 2.24) is 15.3 Å². The maximum atomic E-state index is 12.8. The molecule has 144 valence electrons. The summed E-state index contributed by atoms with van der Waals surface area (Å²) in [6.45, 7) is 3.97. The highest BCUT2D eigenvalue weighted by atomic mass is 16.5. The van der Waals surface area contributed by atoms with Gasteiger partial charge in [-0.15, -0.1) is 0 Å². The summed E-state index contributed by atoms with van der Waals surface area (Å²) < 4.78 is 5.19. The maximum Gasteiger partial charge on any atom is 0.251 e. The molecule has 1 saturated heterocycles. The smallest absolute Gasteiger partial charge is 0.251 e. The van der Waals surface area contributed by atoms with Gasteiger partial charge in [0.2, 0.25) is 0 Å². The van der Waals surface area contributed by atoms with E-state index in [0.29, 0.717) is 5.56 Å². The number of methoxy groups -OCH3 is 1. The molecule has 1 aromatic heterocycles. The van der Waals surface area contributed by atoms with Gasteiger partial charge in [-0.2, -0.15) is 0 Å². The van der Waals surface area contributed by atoms with Gasteiger partial charge in [-0.3, -0.25) is 4.79 Å². The third-order valence-electron chi connectivity index (χ3n) is 5.25. The monoisotopic (exact) mass is 376 g/mol. The zero-order chi connectivity index (χ0) is 19.5. The molecule has 1 aliphatic rings. The molecular weight excluding hydrogens is 352 g/mol. The molecule has 0 aliphatic carbocycles.